The zero-order valence-electron chi connectivity index (χ0n) is 16.7. The van der Waals surface area contributed by atoms with E-state index in [1.54, 1.807) is 0 Å². The first-order valence-corrected chi connectivity index (χ1v) is 9.93. The van der Waals surface area contributed by atoms with Crippen LogP contribution in [0.4, 0.5) is 11.4 Å². The van der Waals surface area contributed by atoms with Gasteiger partial charge in [0.1, 0.15) is 6.07 Å². The van der Waals surface area contributed by atoms with Crippen LogP contribution in [0.2, 0.25) is 0 Å². The minimum absolute atomic E-state index is 0.0168. The van der Waals surface area contributed by atoms with E-state index in [1.165, 1.54) is 5.56 Å². The van der Waals surface area contributed by atoms with Crippen molar-refractivity contribution in [3.63, 3.8) is 0 Å². The van der Waals surface area contributed by atoms with Crippen molar-refractivity contribution in [1.82, 2.24) is 4.90 Å². The monoisotopic (exact) mass is 376 g/mol. The molecule has 0 aromatic heterocycles. The molecule has 1 N–H and O–H groups in total. The summed E-state index contributed by atoms with van der Waals surface area (Å²) in [4.78, 5) is 16.9. The van der Waals surface area contributed by atoms with Crippen molar-refractivity contribution in [2.75, 3.05) is 42.9 Å². The second kappa shape index (κ2) is 9.38. The van der Waals surface area contributed by atoms with Crippen molar-refractivity contribution >= 4 is 17.3 Å². The van der Waals surface area contributed by atoms with E-state index < -0.39 is 0 Å². The molecule has 1 saturated heterocycles. The lowest BCUT2D eigenvalue weighted by molar-refractivity contribution is -0.117. The first-order valence-electron chi connectivity index (χ1n) is 9.93. The molecule has 28 heavy (non-hydrogen) atoms. The molecule has 1 aliphatic heterocycles. The van der Waals surface area contributed by atoms with E-state index in [9.17, 15) is 10.1 Å². The molecule has 0 spiro atoms. The third-order valence-electron chi connectivity index (χ3n) is 5.18. The van der Waals surface area contributed by atoms with E-state index in [0.29, 0.717) is 18.0 Å². The van der Waals surface area contributed by atoms with Gasteiger partial charge in [-0.25, -0.2) is 0 Å². The predicted octanol–water partition coefficient (Wildman–Crippen LogP) is 3.83. The van der Waals surface area contributed by atoms with Crippen molar-refractivity contribution in [2.45, 2.75) is 26.2 Å². The quantitative estimate of drug-likeness (QED) is 0.861. The molecule has 5 nitrogen and oxygen atoms in total. The van der Waals surface area contributed by atoms with Gasteiger partial charge in [0, 0.05) is 31.9 Å². The summed E-state index contributed by atoms with van der Waals surface area (Å²) < 4.78 is 0. The summed E-state index contributed by atoms with van der Waals surface area (Å²) in [5, 5.41) is 12.3. The van der Waals surface area contributed by atoms with Crippen LogP contribution in [0.3, 0.4) is 0 Å². The molecule has 1 amide bonds. The lowest BCUT2D eigenvalue weighted by Gasteiger charge is -2.24. The van der Waals surface area contributed by atoms with E-state index >= 15 is 0 Å². The average molecular weight is 377 g/mol. The summed E-state index contributed by atoms with van der Waals surface area (Å²) in [5.74, 6) is 0.499. The van der Waals surface area contributed by atoms with Crippen LogP contribution in [0.5, 0.6) is 0 Å². The third-order valence-corrected chi connectivity index (χ3v) is 5.18. The van der Waals surface area contributed by atoms with Gasteiger partial charge in [-0.3, -0.25) is 9.69 Å². The largest absolute Gasteiger partial charge is 0.369 e. The number of para-hydroxylation sites is 1. The molecule has 1 aliphatic rings. The van der Waals surface area contributed by atoms with Crippen molar-refractivity contribution in [3.8, 4) is 6.07 Å². The van der Waals surface area contributed by atoms with Gasteiger partial charge in [0.05, 0.1) is 17.8 Å². The van der Waals surface area contributed by atoms with E-state index in [2.05, 4.69) is 47.2 Å². The number of carbonyl (C=O) groups excluding carboxylic acids is 1. The molecule has 2 aromatic carbocycles. The van der Waals surface area contributed by atoms with Gasteiger partial charge in [-0.1, -0.05) is 38.1 Å². The molecule has 1 heterocycles. The lowest BCUT2D eigenvalue weighted by atomic mass is 10.0. The molecule has 3 rings (SSSR count). The number of hydrogen-bond donors (Lipinski definition) is 1. The number of nitriles is 1. The summed E-state index contributed by atoms with van der Waals surface area (Å²) in [7, 11) is 0. The Balaban J connectivity index is 1.54. The minimum Gasteiger partial charge on any atom is -0.369 e. The number of benzene rings is 2. The Morgan fingerprint density at radius 3 is 2.54 bits per heavy atom. The van der Waals surface area contributed by atoms with Gasteiger partial charge in [-0.15, -0.1) is 0 Å². The van der Waals surface area contributed by atoms with Gasteiger partial charge in [-0.05, 0) is 42.2 Å². The Morgan fingerprint density at radius 2 is 1.82 bits per heavy atom. The average Bonchev–Trinajstić information content (AvgIpc) is 2.93. The van der Waals surface area contributed by atoms with E-state index in [1.807, 2.05) is 36.4 Å². The van der Waals surface area contributed by atoms with Gasteiger partial charge in [-0.2, -0.15) is 5.26 Å². The fourth-order valence-electron chi connectivity index (χ4n) is 3.57. The first kappa shape index (κ1) is 19.9. The van der Waals surface area contributed by atoms with Crippen LogP contribution >= 0.6 is 0 Å². The molecule has 1 fully saturated rings. The molecular formula is C23H28N4O. The second-order valence-corrected chi connectivity index (χ2v) is 7.57. The third kappa shape index (κ3) is 5.11. The number of rotatable bonds is 5. The van der Waals surface area contributed by atoms with Gasteiger partial charge >= 0.3 is 0 Å². The first-order chi connectivity index (χ1) is 13.6. The summed E-state index contributed by atoms with van der Waals surface area (Å²) in [6.45, 7) is 8.10. The molecule has 0 radical (unpaired) electrons. The maximum absolute atomic E-state index is 12.5. The fraction of sp³-hybridized carbons (Fsp3) is 0.391. The summed E-state index contributed by atoms with van der Waals surface area (Å²) in [6, 6.07) is 18.1. The molecule has 146 valence electrons. The number of nitrogens with zero attached hydrogens (tertiary/aromatic N) is 3. The summed E-state index contributed by atoms with van der Waals surface area (Å²) in [6.07, 6.45) is 0.968. The Kier molecular flexibility index (Phi) is 6.67. The zero-order chi connectivity index (χ0) is 19.9. The SMILES string of the molecule is CC(C)c1ccc(NC(=O)CN2CCCN(c3ccccc3C#N)CC2)cc1. The molecule has 0 unspecified atom stereocenters. The highest BCUT2D eigenvalue weighted by Crippen LogP contribution is 2.21. The topological polar surface area (TPSA) is 59.4 Å². The number of anilines is 2. The molecule has 0 atom stereocenters. The van der Waals surface area contributed by atoms with Gasteiger partial charge in [0.15, 0.2) is 0 Å². The maximum atomic E-state index is 12.5. The Morgan fingerprint density at radius 1 is 1.07 bits per heavy atom. The van der Waals surface area contributed by atoms with Crippen molar-refractivity contribution in [1.29, 1.82) is 5.26 Å². The van der Waals surface area contributed by atoms with Crippen LogP contribution in [0, 0.1) is 11.3 Å². The van der Waals surface area contributed by atoms with Crippen molar-refractivity contribution in [2.24, 2.45) is 0 Å². The standard InChI is InChI=1S/C23H28N4O/c1-18(2)19-8-10-21(11-9-19)25-23(28)17-26-12-5-13-27(15-14-26)22-7-4-3-6-20(22)16-24/h3-4,6-11,18H,5,12-15,17H2,1-2H3,(H,25,28). The Labute approximate surface area is 167 Å². The van der Waals surface area contributed by atoms with Gasteiger partial charge in [0.25, 0.3) is 0 Å². The van der Waals surface area contributed by atoms with Crippen molar-refractivity contribution in [3.05, 3.63) is 59.7 Å². The molecular weight excluding hydrogens is 348 g/mol. The molecule has 2 aromatic rings. The van der Waals surface area contributed by atoms with E-state index in [0.717, 1.165) is 44.0 Å². The van der Waals surface area contributed by atoms with Crippen LogP contribution < -0.4 is 10.2 Å². The van der Waals surface area contributed by atoms with E-state index in [4.69, 9.17) is 0 Å². The Hall–Kier alpha value is -2.84. The highest BCUT2D eigenvalue weighted by Gasteiger charge is 2.19. The van der Waals surface area contributed by atoms with Crippen LogP contribution in [0.25, 0.3) is 0 Å². The fourth-order valence-corrected chi connectivity index (χ4v) is 3.57. The van der Waals surface area contributed by atoms with Crippen LogP contribution in [-0.2, 0) is 4.79 Å². The van der Waals surface area contributed by atoms with Crippen LogP contribution in [0.1, 0.15) is 37.3 Å². The minimum atomic E-state index is 0.0168. The predicted molar refractivity (Wildman–Crippen MR) is 114 cm³/mol. The lowest BCUT2D eigenvalue weighted by Crippen LogP contribution is -2.36. The maximum Gasteiger partial charge on any atom is 0.238 e. The molecule has 0 bridgehead atoms. The number of amides is 1. The number of hydrogen-bond acceptors (Lipinski definition) is 4. The van der Waals surface area contributed by atoms with Crippen LogP contribution in [-0.4, -0.2) is 43.5 Å². The normalized spacial score (nSPS) is 15.1. The van der Waals surface area contributed by atoms with Gasteiger partial charge in [0.2, 0.25) is 5.91 Å². The molecule has 5 heteroatoms. The number of carbonyl (C=O) groups is 1. The van der Waals surface area contributed by atoms with Crippen LogP contribution in [0.15, 0.2) is 48.5 Å². The summed E-state index contributed by atoms with van der Waals surface area (Å²) >= 11 is 0. The van der Waals surface area contributed by atoms with Crippen molar-refractivity contribution < 1.29 is 4.79 Å². The Bertz CT molecular complexity index is 838. The van der Waals surface area contributed by atoms with Gasteiger partial charge < -0.3 is 10.2 Å². The highest BCUT2D eigenvalue weighted by molar-refractivity contribution is 5.92. The molecule has 0 aliphatic carbocycles. The van der Waals surface area contributed by atoms with E-state index in [-0.39, 0.29) is 5.91 Å². The second-order valence-electron chi connectivity index (χ2n) is 7.57. The zero-order valence-corrected chi connectivity index (χ0v) is 16.7. The number of nitrogens with one attached hydrogen (secondary N) is 1. The smallest absolute Gasteiger partial charge is 0.238 e. The highest BCUT2D eigenvalue weighted by atomic mass is 16.2. The molecule has 0 saturated carbocycles. The summed E-state index contributed by atoms with van der Waals surface area (Å²) in [5.41, 5.74) is 3.80.